The number of aryl methyl sites for hydroxylation is 1. The Bertz CT molecular complexity index is 547. The van der Waals surface area contributed by atoms with Crippen LogP contribution in [-0.2, 0) is 4.74 Å². The van der Waals surface area contributed by atoms with Gasteiger partial charge < -0.3 is 19.8 Å². The molecule has 3 rings (SSSR count). The molecule has 2 N–H and O–H groups in total. The van der Waals surface area contributed by atoms with Gasteiger partial charge in [0.25, 0.3) is 0 Å². The molecule has 1 aliphatic heterocycles. The lowest BCUT2D eigenvalue weighted by atomic mass is 10.2. The minimum atomic E-state index is 0.319. The van der Waals surface area contributed by atoms with Gasteiger partial charge in [-0.1, -0.05) is 0 Å². The van der Waals surface area contributed by atoms with Crippen molar-refractivity contribution in [3.8, 4) is 0 Å². The Morgan fingerprint density at radius 3 is 3.26 bits per heavy atom. The molecule has 102 valence electrons. The highest BCUT2D eigenvalue weighted by molar-refractivity contribution is 5.77. The summed E-state index contributed by atoms with van der Waals surface area (Å²) in [5.74, 6) is 0.703. The van der Waals surface area contributed by atoms with Gasteiger partial charge >= 0.3 is 0 Å². The van der Waals surface area contributed by atoms with E-state index in [0.29, 0.717) is 12.0 Å². The molecular weight excluding hydrogens is 242 g/mol. The Kier molecular flexibility index (Phi) is 3.66. The molecule has 2 aromatic rings. The average Bonchev–Trinajstić information content (AvgIpc) is 2.79. The van der Waals surface area contributed by atoms with Crippen molar-refractivity contribution in [2.24, 2.45) is 0 Å². The monoisotopic (exact) mass is 261 g/mol. The predicted molar refractivity (Wildman–Crippen MR) is 74.5 cm³/mol. The van der Waals surface area contributed by atoms with Crippen LogP contribution in [0.15, 0.2) is 22.6 Å². The minimum absolute atomic E-state index is 0.319. The second kappa shape index (κ2) is 5.59. The number of rotatable bonds is 4. The van der Waals surface area contributed by atoms with Crippen LogP contribution in [0.5, 0.6) is 0 Å². The standard InChI is InChI=1S/C14H19N3O2/c1-10-17-13-8-11(2-3-14(13)19-10)16-5-4-12-9-15-6-7-18-12/h2-3,8,12,15-16H,4-7,9H2,1H3. The molecule has 1 saturated heterocycles. The van der Waals surface area contributed by atoms with Gasteiger partial charge in [0.1, 0.15) is 5.52 Å². The smallest absolute Gasteiger partial charge is 0.192 e. The van der Waals surface area contributed by atoms with Crippen LogP contribution in [0, 0.1) is 6.92 Å². The third kappa shape index (κ3) is 3.05. The van der Waals surface area contributed by atoms with E-state index >= 15 is 0 Å². The summed E-state index contributed by atoms with van der Waals surface area (Å²) in [5, 5.41) is 6.74. The number of anilines is 1. The summed E-state index contributed by atoms with van der Waals surface area (Å²) in [6.45, 7) is 5.49. The molecule has 0 bridgehead atoms. The second-order valence-electron chi connectivity index (χ2n) is 4.83. The number of ether oxygens (including phenoxy) is 1. The van der Waals surface area contributed by atoms with E-state index in [1.54, 1.807) is 0 Å². The Morgan fingerprint density at radius 2 is 2.42 bits per heavy atom. The van der Waals surface area contributed by atoms with Gasteiger partial charge in [-0.2, -0.15) is 0 Å². The highest BCUT2D eigenvalue weighted by Crippen LogP contribution is 2.19. The molecule has 0 spiro atoms. The minimum Gasteiger partial charge on any atom is -0.441 e. The molecule has 1 fully saturated rings. The molecule has 0 saturated carbocycles. The molecule has 1 atom stereocenters. The van der Waals surface area contributed by atoms with Crippen LogP contribution in [0.2, 0.25) is 0 Å². The van der Waals surface area contributed by atoms with Crippen LogP contribution >= 0.6 is 0 Å². The van der Waals surface area contributed by atoms with Crippen molar-refractivity contribution < 1.29 is 9.15 Å². The maximum atomic E-state index is 5.66. The van der Waals surface area contributed by atoms with Gasteiger partial charge in [-0.05, 0) is 24.6 Å². The largest absolute Gasteiger partial charge is 0.441 e. The molecule has 1 unspecified atom stereocenters. The zero-order valence-corrected chi connectivity index (χ0v) is 11.1. The van der Waals surface area contributed by atoms with E-state index in [2.05, 4.69) is 15.6 Å². The van der Waals surface area contributed by atoms with Gasteiger partial charge in [-0.3, -0.25) is 0 Å². The zero-order chi connectivity index (χ0) is 13.1. The first-order valence-electron chi connectivity index (χ1n) is 6.75. The number of hydrogen-bond acceptors (Lipinski definition) is 5. The van der Waals surface area contributed by atoms with E-state index in [1.165, 1.54) is 0 Å². The van der Waals surface area contributed by atoms with Gasteiger partial charge in [0, 0.05) is 32.2 Å². The molecule has 0 aliphatic carbocycles. The summed E-state index contributed by atoms with van der Waals surface area (Å²) >= 11 is 0. The highest BCUT2D eigenvalue weighted by Gasteiger charge is 2.12. The fourth-order valence-corrected chi connectivity index (χ4v) is 2.34. The topological polar surface area (TPSA) is 59.3 Å². The van der Waals surface area contributed by atoms with Gasteiger partial charge in [-0.25, -0.2) is 4.98 Å². The lowest BCUT2D eigenvalue weighted by Gasteiger charge is -2.23. The Morgan fingerprint density at radius 1 is 1.47 bits per heavy atom. The van der Waals surface area contributed by atoms with Gasteiger partial charge in [0.2, 0.25) is 0 Å². The van der Waals surface area contributed by atoms with E-state index in [4.69, 9.17) is 9.15 Å². The third-order valence-electron chi connectivity index (χ3n) is 3.29. The second-order valence-corrected chi connectivity index (χ2v) is 4.83. The number of hydrogen-bond donors (Lipinski definition) is 2. The molecule has 0 radical (unpaired) electrons. The average molecular weight is 261 g/mol. The SMILES string of the molecule is Cc1nc2cc(NCCC3CNCCO3)ccc2o1. The number of morpholine rings is 1. The van der Waals surface area contributed by atoms with Crippen molar-refractivity contribution in [1.29, 1.82) is 0 Å². The van der Waals surface area contributed by atoms with Crippen LogP contribution in [0.1, 0.15) is 12.3 Å². The summed E-state index contributed by atoms with van der Waals surface area (Å²) in [7, 11) is 0. The molecule has 1 aromatic heterocycles. The molecular formula is C14H19N3O2. The van der Waals surface area contributed by atoms with Crippen LogP contribution in [0.3, 0.4) is 0 Å². The van der Waals surface area contributed by atoms with Crippen LogP contribution in [-0.4, -0.2) is 37.3 Å². The normalized spacial score (nSPS) is 19.7. The molecule has 0 amide bonds. The lowest BCUT2D eigenvalue weighted by molar-refractivity contribution is 0.0258. The van der Waals surface area contributed by atoms with Crippen LogP contribution in [0.25, 0.3) is 11.1 Å². The third-order valence-corrected chi connectivity index (χ3v) is 3.29. The quantitative estimate of drug-likeness (QED) is 0.880. The molecule has 2 heterocycles. The highest BCUT2D eigenvalue weighted by atomic mass is 16.5. The zero-order valence-electron chi connectivity index (χ0n) is 11.1. The van der Waals surface area contributed by atoms with Crippen molar-refractivity contribution in [2.75, 3.05) is 31.6 Å². The summed E-state index contributed by atoms with van der Waals surface area (Å²) < 4.78 is 11.1. The van der Waals surface area contributed by atoms with Crippen molar-refractivity contribution >= 4 is 16.8 Å². The van der Waals surface area contributed by atoms with Crippen molar-refractivity contribution in [3.05, 3.63) is 24.1 Å². The lowest BCUT2D eigenvalue weighted by Crippen LogP contribution is -2.39. The molecule has 5 nitrogen and oxygen atoms in total. The van der Waals surface area contributed by atoms with Gasteiger partial charge in [-0.15, -0.1) is 0 Å². The first-order valence-corrected chi connectivity index (χ1v) is 6.75. The number of nitrogens with one attached hydrogen (secondary N) is 2. The number of aromatic nitrogens is 1. The van der Waals surface area contributed by atoms with Gasteiger partial charge in [0.05, 0.1) is 12.7 Å². The maximum Gasteiger partial charge on any atom is 0.192 e. The molecule has 19 heavy (non-hydrogen) atoms. The van der Waals surface area contributed by atoms with Crippen molar-refractivity contribution in [1.82, 2.24) is 10.3 Å². The number of fused-ring (bicyclic) bond motifs is 1. The number of benzene rings is 1. The number of nitrogens with zero attached hydrogens (tertiary/aromatic N) is 1. The van der Waals surface area contributed by atoms with Crippen LogP contribution < -0.4 is 10.6 Å². The van der Waals surface area contributed by atoms with Crippen molar-refractivity contribution in [3.63, 3.8) is 0 Å². The molecule has 1 aliphatic rings. The van der Waals surface area contributed by atoms with E-state index in [9.17, 15) is 0 Å². The molecule has 5 heteroatoms. The van der Waals surface area contributed by atoms with E-state index in [0.717, 1.165) is 49.4 Å². The summed E-state index contributed by atoms with van der Waals surface area (Å²) in [4.78, 5) is 4.33. The first kappa shape index (κ1) is 12.4. The number of oxazole rings is 1. The Balaban J connectivity index is 1.55. The first-order chi connectivity index (χ1) is 9.31. The van der Waals surface area contributed by atoms with Gasteiger partial charge in [0.15, 0.2) is 11.5 Å². The summed E-state index contributed by atoms with van der Waals surface area (Å²) in [6.07, 6.45) is 1.32. The summed E-state index contributed by atoms with van der Waals surface area (Å²) in [5.41, 5.74) is 2.81. The maximum absolute atomic E-state index is 5.66. The van der Waals surface area contributed by atoms with Crippen molar-refractivity contribution in [2.45, 2.75) is 19.4 Å². The predicted octanol–water partition coefficient (Wildman–Crippen LogP) is 1.93. The Labute approximate surface area is 112 Å². The molecule has 1 aromatic carbocycles. The van der Waals surface area contributed by atoms with E-state index < -0.39 is 0 Å². The fraction of sp³-hybridized carbons (Fsp3) is 0.500. The fourth-order valence-electron chi connectivity index (χ4n) is 2.34. The van der Waals surface area contributed by atoms with E-state index in [-0.39, 0.29) is 0 Å². The summed E-state index contributed by atoms with van der Waals surface area (Å²) in [6, 6.07) is 6.00. The van der Waals surface area contributed by atoms with Crippen LogP contribution in [0.4, 0.5) is 5.69 Å². The van der Waals surface area contributed by atoms with E-state index in [1.807, 2.05) is 25.1 Å². The Hall–Kier alpha value is -1.59.